The molecule has 1 aliphatic heterocycles. The third kappa shape index (κ3) is 4.07. The summed E-state index contributed by atoms with van der Waals surface area (Å²) in [5.41, 5.74) is 19.2. The number of phenols is 1. The molecule has 10 nitrogen and oxygen atoms in total. The fourth-order valence-electron chi connectivity index (χ4n) is 3.52. The third-order valence-electron chi connectivity index (χ3n) is 5.03. The van der Waals surface area contributed by atoms with Gasteiger partial charge in [-0.2, -0.15) is 4.31 Å². The standard InChI is InChI=1S/C19H27N7O3S/c1-13-12-25(9-10-26(13)30(28,29)19-23-7-8-24(19)2)16(18(21)22)11-15(20)14-5-3-4-6-17(14)27/h3-8,11,13,27H,9-10,12,20-22H2,1-2H3/b15-11-. The number of aromatic hydroxyl groups is 1. The Labute approximate surface area is 175 Å². The van der Waals surface area contributed by atoms with E-state index >= 15 is 0 Å². The summed E-state index contributed by atoms with van der Waals surface area (Å²) < 4.78 is 28.9. The summed E-state index contributed by atoms with van der Waals surface area (Å²) in [6.45, 7) is 2.78. The van der Waals surface area contributed by atoms with E-state index in [1.54, 1.807) is 37.5 Å². The minimum absolute atomic E-state index is 0.000553. The van der Waals surface area contributed by atoms with Gasteiger partial charge in [0, 0.05) is 56.4 Å². The third-order valence-corrected chi connectivity index (χ3v) is 7.04. The molecule has 0 amide bonds. The van der Waals surface area contributed by atoms with Crippen molar-refractivity contribution >= 4 is 15.7 Å². The summed E-state index contributed by atoms with van der Waals surface area (Å²) in [4.78, 5) is 5.87. The van der Waals surface area contributed by atoms with E-state index in [1.165, 1.54) is 21.1 Å². The number of imidazole rings is 1. The number of para-hydroxylation sites is 1. The fraction of sp³-hybridized carbons (Fsp3) is 0.316. The van der Waals surface area contributed by atoms with Crippen LogP contribution in [0.5, 0.6) is 5.75 Å². The van der Waals surface area contributed by atoms with Crippen LogP contribution in [0, 0.1) is 0 Å². The second kappa shape index (κ2) is 8.28. The van der Waals surface area contributed by atoms with Gasteiger partial charge in [0.2, 0.25) is 5.16 Å². The lowest BCUT2D eigenvalue weighted by molar-refractivity contribution is 0.177. The molecular formula is C19H27N7O3S. The number of aromatic nitrogens is 2. The van der Waals surface area contributed by atoms with Crippen LogP contribution >= 0.6 is 0 Å². The van der Waals surface area contributed by atoms with Gasteiger partial charge in [-0.05, 0) is 25.1 Å². The smallest absolute Gasteiger partial charge is 0.277 e. The van der Waals surface area contributed by atoms with Crippen LogP contribution in [0.1, 0.15) is 12.5 Å². The molecule has 7 N–H and O–H groups in total. The SMILES string of the molecule is CC1CN(C(/C=C(\N)c2ccccc2O)=C(N)N)CCN1S(=O)(=O)c1nccn1C. The Kier molecular flexibility index (Phi) is 5.94. The van der Waals surface area contributed by atoms with Crippen molar-refractivity contribution in [2.45, 2.75) is 18.1 Å². The number of phenolic OH excluding ortho intramolecular Hbond substituents is 1. The Balaban J connectivity index is 1.84. The molecule has 0 radical (unpaired) electrons. The van der Waals surface area contributed by atoms with Crippen molar-refractivity contribution in [3.05, 3.63) is 59.8 Å². The number of sulfonamides is 1. The van der Waals surface area contributed by atoms with Crippen molar-refractivity contribution in [1.82, 2.24) is 18.8 Å². The van der Waals surface area contributed by atoms with E-state index in [0.29, 0.717) is 30.0 Å². The van der Waals surface area contributed by atoms with Gasteiger partial charge in [-0.1, -0.05) is 12.1 Å². The molecule has 0 aliphatic carbocycles. The predicted molar refractivity (Wildman–Crippen MR) is 114 cm³/mol. The van der Waals surface area contributed by atoms with Gasteiger partial charge in [0.15, 0.2) is 0 Å². The molecule has 11 heteroatoms. The van der Waals surface area contributed by atoms with Crippen molar-refractivity contribution in [3.8, 4) is 5.75 Å². The molecule has 0 spiro atoms. The van der Waals surface area contributed by atoms with Gasteiger partial charge in [-0.25, -0.2) is 13.4 Å². The van der Waals surface area contributed by atoms with Crippen molar-refractivity contribution in [3.63, 3.8) is 0 Å². The monoisotopic (exact) mass is 433 g/mol. The summed E-state index contributed by atoms with van der Waals surface area (Å²) in [7, 11) is -2.09. The number of rotatable bonds is 5. The average Bonchev–Trinajstić information content (AvgIpc) is 3.12. The summed E-state index contributed by atoms with van der Waals surface area (Å²) in [6.07, 6.45) is 4.65. The molecule has 1 aliphatic rings. The molecular weight excluding hydrogens is 406 g/mol. The molecule has 2 heterocycles. The first-order valence-electron chi connectivity index (χ1n) is 9.37. The Bertz CT molecular complexity index is 1090. The lowest BCUT2D eigenvalue weighted by Crippen LogP contribution is -2.54. The van der Waals surface area contributed by atoms with E-state index in [0.717, 1.165) is 0 Å². The second-order valence-corrected chi connectivity index (χ2v) is 8.97. The second-order valence-electron chi connectivity index (χ2n) is 7.19. The number of hydrogen-bond acceptors (Lipinski definition) is 8. The van der Waals surface area contributed by atoms with Crippen molar-refractivity contribution in [2.75, 3.05) is 19.6 Å². The molecule has 3 rings (SSSR count). The number of hydrogen-bond donors (Lipinski definition) is 4. The van der Waals surface area contributed by atoms with Gasteiger partial charge >= 0.3 is 0 Å². The van der Waals surface area contributed by atoms with E-state index in [-0.39, 0.29) is 29.3 Å². The molecule has 1 saturated heterocycles. The van der Waals surface area contributed by atoms with Gasteiger partial charge in [0.1, 0.15) is 11.6 Å². The number of piperazine rings is 1. The van der Waals surface area contributed by atoms with E-state index < -0.39 is 10.0 Å². The molecule has 1 atom stereocenters. The van der Waals surface area contributed by atoms with Crippen LogP contribution in [0.25, 0.3) is 5.70 Å². The van der Waals surface area contributed by atoms with E-state index in [4.69, 9.17) is 17.2 Å². The zero-order valence-corrected chi connectivity index (χ0v) is 17.7. The maximum atomic E-state index is 13.0. The first kappa shape index (κ1) is 21.5. The van der Waals surface area contributed by atoms with Crippen LogP contribution in [0.4, 0.5) is 0 Å². The van der Waals surface area contributed by atoms with Gasteiger partial charge in [0.25, 0.3) is 10.0 Å². The van der Waals surface area contributed by atoms with Crippen molar-refractivity contribution in [1.29, 1.82) is 0 Å². The summed E-state index contributed by atoms with van der Waals surface area (Å²) in [5.74, 6) is 0.0986. The molecule has 0 saturated carbocycles. The molecule has 1 aromatic carbocycles. The number of nitrogens with two attached hydrogens (primary N) is 3. The van der Waals surface area contributed by atoms with Crippen LogP contribution in [-0.4, -0.2) is 58.0 Å². The van der Waals surface area contributed by atoms with Crippen LogP contribution in [0.2, 0.25) is 0 Å². The molecule has 2 aromatic rings. The van der Waals surface area contributed by atoms with Crippen molar-refractivity contribution < 1.29 is 13.5 Å². The normalized spacial score (nSPS) is 18.4. The Morgan fingerprint density at radius 1 is 1.23 bits per heavy atom. The highest BCUT2D eigenvalue weighted by Crippen LogP contribution is 2.26. The molecule has 30 heavy (non-hydrogen) atoms. The molecule has 1 unspecified atom stereocenters. The van der Waals surface area contributed by atoms with Crippen molar-refractivity contribution in [2.24, 2.45) is 24.2 Å². The van der Waals surface area contributed by atoms with Crippen LogP contribution in [0.3, 0.4) is 0 Å². The first-order chi connectivity index (χ1) is 14.1. The maximum absolute atomic E-state index is 13.0. The van der Waals surface area contributed by atoms with E-state index in [2.05, 4.69) is 4.98 Å². The Hall–Kier alpha value is -3.18. The highest BCUT2D eigenvalue weighted by molar-refractivity contribution is 7.89. The summed E-state index contributed by atoms with van der Waals surface area (Å²) >= 11 is 0. The van der Waals surface area contributed by atoms with Gasteiger partial charge in [-0.15, -0.1) is 0 Å². The number of nitrogens with zero attached hydrogens (tertiary/aromatic N) is 4. The van der Waals surface area contributed by atoms with Crippen LogP contribution in [-0.2, 0) is 17.1 Å². The summed E-state index contributed by atoms with van der Waals surface area (Å²) in [5, 5.41) is 10.0. The Morgan fingerprint density at radius 2 is 1.93 bits per heavy atom. The van der Waals surface area contributed by atoms with E-state index in [9.17, 15) is 13.5 Å². The average molecular weight is 434 g/mol. The zero-order chi connectivity index (χ0) is 22.1. The fourth-order valence-corrected chi connectivity index (χ4v) is 5.21. The van der Waals surface area contributed by atoms with Gasteiger partial charge in [-0.3, -0.25) is 0 Å². The lowest BCUT2D eigenvalue weighted by Gasteiger charge is -2.40. The summed E-state index contributed by atoms with van der Waals surface area (Å²) in [6, 6.07) is 6.33. The molecule has 1 fully saturated rings. The molecule has 0 bridgehead atoms. The van der Waals surface area contributed by atoms with Gasteiger partial charge < -0.3 is 31.8 Å². The minimum Gasteiger partial charge on any atom is -0.507 e. The molecule has 162 valence electrons. The van der Waals surface area contributed by atoms with Crippen LogP contribution < -0.4 is 17.2 Å². The quantitative estimate of drug-likeness (QED) is 0.476. The lowest BCUT2D eigenvalue weighted by atomic mass is 10.1. The number of allylic oxidation sites excluding steroid dienone is 1. The highest BCUT2D eigenvalue weighted by Gasteiger charge is 2.36. The minimum atomic E-state index is -3.73. The maximum Gasteiger partial charge on any atom is 0.277 e. The topological polar surface area (TPSA) is 157 Å². The zero-order valence-electron chi connectivity index (χ0n) is 16.9. The van der Waals surface area contributed by atoms with Crippen LogP contribution in [0.15, 0.2) is 59.4 Å². The predicted octanol–water partition coefficient (Wildman–Crippen LogP) is -0.0932. The van der Waals surface area contributed by atoms with E-state index in [1.807, 2.05) is 11.8 Å². The van der Waals surface area contributed by atoms with Gasteiger partial charge in [0.05, 0.1) is 5.70 Å². The number of aryl methyl sites for hydroxylation is 1. The first-order valence-corrected chi connectivity index (χ1v) is 10.8. The largest absolute Gasteiger partial charge is 0.507 e. The Morgan fingerprint density at radius 3 is 2.50 bits per heavy atom. The highest BCUT2D eigenvalue weighted by atomic mass is 32.2. The number of benzene rings is 1. The molecule has 1 aromatic heterocycles.